The third-order valence-electron chi connectivity index (χ3n) is 3.94. The number of ether oxygens (including phenoxy) is 8. The van der Waals surface area contributed by atoms with Crippen LogP contribution in [0.25, 0.3) is 20.9 Å². The minimum Gasteiger partial charge on any atom is -0.475 e. The summed E-state index contributed by atoms with van der Waals surface area (Å²) in [5.41, 5.74) is 16.3. The molecule has 36 heavy (non-hydrogen) atoms. The summed E-state index contributed by atoms with van der Waals surface area (Å²) in [7, 11) is 0. The fourth-order valence-corrected chi connectivity index (χ4v) is 2.35. The Balaban J connectivity index is 1.92. The highest BCUT2D eigenvalue weighted by atomic mass is 16.6. The third-order valence-corrected chi connectivity index (χ3v) is 3.94. The topological polar surface area (TPSA) is 184 Å². The molecule has 1 heterocycles. The summed E-state index contributed by atoms with van der Waals surface area (Å²) in [6.07, 6.45) is 0. The Morgan fingerprint density at radius 3 is 1.22 bits per heavy atom. The summed E-state index contributed by atoms with van der Waals surface area (Å²) in [6.45, 7) is 6.44. The Kier molecular flexibility index (Phi) is 21.8. The number of rotatable bonds is 26. The Labute approximate surface area is 210 Å². The van der Waals surface area contributed by atoms with Gasteiger partial charge in [-0.05, 0) is 11.1 Å². The predicted octanol–water partition coefficient (Wildman–Crippen LogP) is 2.56. The van der Waals surface area contributed by atoms with Gasteiger partial charge < -0.3 is 37.9 Å². The van der Waals surface area contributed by atoms with Gasteiger partial charge in [-0.1, -0.05) is 16.3 Å². The van der Waals surface area contributed by atoms with Crippen molar-refractivity contribution in [1.29, 1.82) is 0 Å². The van der Waals surface area contributed by atoms with Crippen LogP contribution in [0.4, 0.5) is 0 Å². The maximum atomic E-state index is 8.13. The molecule has 0 spiro atoms. The average Bonchev–Trinajstić information content (AvgIpc) is 2.90. The summed E-state index contributed by atoms with van der Waals surface area (Å²) in [5, 5.41) is 6.73. The Morgan fingerprint density at radius 2 is 0.861 bits per heavy atom. The maximum absolute atomic E-state index is 8.13. The molecule has 0 unspecified atom stereocenters. The summed E-state index contributed by atoms with van der Waals surface area (Å²) in [5.74, 6) is 0.891. The molecule has 0 amide bonds. The summed E-state index contributed by atoms with van der Waals surface area (Å²) >= 11 is 0. The number of nitrogens with zero attached hydrogens (tertiary/aromatic N) is 7. The van der Waals surface area contributed by atoms with Crippen LogP contribution in [0.3, 0.4) is 0 Å². The van der Waals surface area contributed by atoms with E-state index in [0.717, 1.165) is 0 Å². The van der Waals surface area contributed by atoms with Crippen molar-refractivity contribution >= 4 is 0 Å². The highest BCUT2D eigenvalue weighted by Crippen LogP contribution is 2.13. The number of aromatic nitrogens is 1. The van der Waals surface area contributed by atoms with Gasteiger partial charge in [0, 0.05) is 35.0 Å². The zero-order valence-electron chi connectivity index (χ0n) is 20.4. The van der Waals surface area contributed by atoms with Gasteiger partial charge in [-0.25, -0.2) is 0 Å². The van der Waals surface area contributed by atoms with Gasteiger partial charge in [0.1, 0.15) is 13.2 Å². The lowest BCUT2D eigenvalue weighted by molar-refractivity contribution is 0.00964. The standard InChI is InChI=1S/C21H35N7O8/c22-27-24-4-6-29-8-10-31-12-14-33-16-18-35-20-2-1-3-21(26-20)36-19-17-34-15-13-32-11-9-30-7-5-25-28-23/h1-3H,4-19H2. The molecule has 0 aliphatic rings. The van der Waals surface area contributed by atoms with Crippen molar-refractivity contribution in [3.8, 4) is 11.8 Å². The zero-order valence-corrected chi connectivity index (χ0v) is 20.4. The van der Waals surface area contributed by atoms with E-state index in [1.165, 1.54) is 0 Å². The molecule has 0 fully saturated rings. The highest BCUT2D eigenvalue weighted by molar-refractivity contribution is 5.19. The molecule has 0 bridgehead atoms. The van der Waals surface area contributed by atoms with Crippen LogP contribution >= 0.6 is 0 Å². The van der Waals surface area contributed by atoms with E-state index in [2.05, 4.69) is 25.0 Å². The summed E-state index contributed by atoms with van der Waals surface area (Å²) in [4.78, 5) is 9.55. The van der Waals surface area contributed by atoms with Gasteiger partial charge in [0.2, 0.25) is 11.8 Å². The van der Waals surface area contributed by atoms with Crippen molar-refractivity contribution in [1.82, 2.24) is 4.98 Å². The first-order valence-corrected chi connectivity index (χ1v) is 11.6. The van der Waals surface area contributed by atoms with E-state index in [0.29, 0.717) is 117 Å². The van der Waals surface area contributed by atoms with Gasteiger partial charge in [0.25, 0.3) is 0 Å². The average molecular weight is 514 g/mol. The molecule has 0 aromatic carbocycles. The summed E-state index contributed by atoms with van der Waals surface area (Å²) < 4.78 is 43.2. The van der Waals surface area contributed by atoms with Crippen LogP contribution in [0.1, 0.15) is 0 Å². The van der Waals surface area contributed by atoms with Gasteiger partial charge in [0.05, 0.1) is 79.3 Å². The molecule has 0 saturated heterocycles. The molecule has 15 heteroatoms. The molecular weight excluding hydrogens is 478 g/mol. The molecule has 0 saturated carbocycles. The molecule has 202 valence electrons. The minimum absolute atomic E-state index is 0.315. The number of hydrogen-bond acceptors (Lipinski definition) is 11. The number of azide groups is 2. The van der Waals surface area contributed by atoms with Crippen molar-refractivity contribution in [2.24, 2.45) is 10.2 Å². The van der Waals surface area contributed by atoms with Crippen LogP contribution < -0.4 is 9.47 Å². The monoisotopic (exact) mass is 513 g/mol. The molecule has 0 radical (unpaired) electrons. The smallest absolute Gasteiger partial charge is 0.216 e. The first kappa shape index (κ1) is 31.2. The lowest BCUT2D eigenvalue weighted by Gasteiger charge is -2.10. The van der Waals surface area contributed by atoms with Crippen LogP contribution in [-0.2, 0) is 28.4 Å². The van der Waals surface area contributed by atoms with E-state index >= 15 is 0 Å². The van der Waals surface area contributed by atoms with Crippen LogP contribution in [0.2, 0.25) is 0 Å². The van der Waals surface area contributed by atoms with Gasteiger partial charge in [-0.2, -0.15) is 4.98 Å². The molecule has 0 aliphatic carbocycles. The van der Waals surface area contributed by atoms with Crippen molar-refractivity contribution in [3.63, 3.8) is 0 Å². The van der Waals surface area contributed by atoms with Gasteiger partial charge in [-0.15, -0.1) is 0 Å². The van der Waals surface area contributed by atoms with Crippen molar-refractivity contribution in [3.05, 3.63) is 39.1 Å². The zero-order chi connectivity index (χ0) is 25.8. The highest BCUT2D eigenvalue weighted by Gasteiger charge is 2.01. The number of hydrogen-bond donors (Lipinski definition) is 0. The van der Waals surface area contributed by atoms with E-state index in [9.17, 15) is 0 Å². The van der Waals surface area contributed by atoms with Crippen LogP contribution in [0.5, 0.6) is 11.8 Å². The first-order chi connectivity index (χ1) is 17.9. The van der Waals surface area contributed by atoms with Gasteiger partial charge >= 0.3 is 0 Å². The summed E-state index contributed by atoms with van der Waals surface area (Å²) in [6, 6.07) is 5.28. The molecule has 1 aromatic heterocycles. The maximum Gasteiger partial charge on any atom is 0.216 e. The third kappa shape index (κ3) is 20.5. The molecule has 1 rings (SSSR count). The molecule has 0 aliphatic heterocycles. The fourth-order valence-electron chi connectivity index (χ4n) is 2.35. The van der Waals surface area contributed by atoms with Gasteiger partial charge in [0.15, 0.2) is 0 Å². The van der Waals surface area contributed by atoms with Crippen molar-refractivity contribution in [2.75, 3.05) is 106 Å². The molecule has 15 nitrogen and oxygen atoms in total. The van der Waals surface area contributed by atoms with Crippen LogP contribution in [-0.4, -0.2) is 111 Å². The van der Waals surface area contributed by atoms with E-state index in [1.807, 2.05) is 0 Å². The van der Waals surface area contributed by atoms with E-state index in [-0.39, 0.29) is 0 Å². The lowest BCUT2D eigenvalue weighted by atomic mass is 10.5. The minimum atomic E-state index is 0.315. The number of pyridine rings is 1. The van der Waals surface area contributed by atoms with Crippen LogP contribution in [0.15, 0.2) is 28.4 Å². The van der Waals surface area contributed by atoms with E-state index in [4.69, 9.17) is 49.0 Å². The molecule has 1 aromatic rings. The Bertz CT molecular complexity index is 691. The van der Waals surface area contributed by atoms with Crippen molar-refractivity contribution in [2.45, 2.75) is 0 Å². The second kappa shape index (κ2) is 25.2. The Morgan fingerprint density at radius 1 is 0.528 bits per heavy atom. The normalized spacial score (nSPS) is 10.4. The van der Waals surface area contributed by atoms with Crippen LogP contribution in [0, 0.1) is 0 Å². The van der Waals surface area contributed by atoms with E-state index in [1.54, 1.807) is 18.2 Å². The molecule has 0 N–H and O–H groups in total. The largest absolute Gasteiger partial charge is 0.475 e. The molecule has 0 atom stereocenters. The quantitative estimate of drug-likeness (QED) is 0.0777. The predicted molar refractivity (Wildman–Crippen MR) is 128 cm³/mol. The SMILES string of the molecule is [N-]=[N+]=NCCOCCOCCOCCOc1cccc(OCCOCCOCCOCCN=[N+]=[N-])n1. The van der Waals surface area contributed by atoms with Crippen molar-refractivity contribution < 1.29 is 37.9 Å². The second-order valence-corrected chi connectivity index (χ2v) is 6.59. The lowest BCUT2D eigenvalue weighted by Crippen LogP contribution is -2.14. The fraction of sp³-hybridized carbons (Fsp3) is 0.762. The first-order valence-electron chi connectivity index (χ1n) is 11.6. The Hall–Kier alpha value is -2.87. The van der Waals surface area contributed by atoms with Gasteiger partial charge in [-0.3, -0.25) is 0 Å². The molecular formula is C21H35N7O8. The second-order valence-electron chi connectivity index (χ2n) is 6.59. The van der Waals surface area contributed by atoms with E-state index < -0.39 is 0 Å².